The van der Waals surface area contributed by atoms with Gasteiger partial charge < -0.3 is 14.6 Å². The molecule has 1 saturated carbocycles. The van der Waals surface area contributed by atoms with Gasteiger partial charge in [0.15, 0.2) is 5.11 Å². The number of rotatable bonds is 4. The highest BCUT2D eigenvalue weighted by molar-refractivity contribution is 7.80. The second-order valence-electron chi connectivity index (χ2n) is 8.14. The largest absolute Gasteiger partial charge is 0.459 e. The van der Waals surface area contributed by atoms with E-state index >= 15 is 0 Å². The number of furan rings is 1. The average molecular weight is 438 g/mol. The fourth-order valence-electron chi connectivity index (χ4n) is 4.66. The van der Waals surface area contributed by atoms with Crippen LogP contribution in [0.3, 0.4) is 0 Å². The quantitative estimate of drug-likeness (QED) is 0.491. The summed E-state index contributed by atoms with van der Waals surface area (Å²) in [5.41, 5.74) is 3.01. The lowest BCUT2D eigenvalue weighted by Gasteiger charge is -2.31. The predicted octanol–water partition coefficient (Wildman–Crippen LogP) is 6.22. The van der Waals surface area contributed by atoms with Gasteiger partial charge >= 0.3 is 0 Å². The van der Waals surface area contributed by atoms with Crippen molar-refractivity contribution in [3.63, 3.8) is 0 Å². The number of aryl methyl sites for hydroxylation is 1. The van der Waals surface area contributed by atoms with Crippen LogP contribution in [0.4, 0.5) is 0 Å². The van der Waals surface area contributed by atoms with E-state index in [0.717, 1.165) is 51.3 Å². The van der Waals surface area contributed by atoms with Gasteiger partial charge in [0.05, 0.1) is 11.7 Å². The molecule has 2 aromatic heterocycles. The van der Waals surface area contributed by atoms with Crippen molar-refractivity contribution in [2.45, 2.75) is 50.7 Å². The van der Waals surface area contributed by atoms with Gasteiger partial charge in [-0.2, -0.15) is 0 Å². The first-order chi connectivity index (χ1) is 14.6. The second kappa shape index (κ2) is 8.05. The maximum atomic E-state index is 6.41. The fraction of sp³-hybridized carbons (Fsp3) is 0.333. The molecule has 2 fully saturated rings. The Hall–Kier alpha value is -2.37. The minimum atomic E-state index is -0.0418. The molecule has 1 N–H and O–H groups in total. The predicted molar refractivity (Wildman–Crippen MR) is 123 cm³/mol. The molecule has 30 heavy (non-hydrogen) atoms. The molecule has 3 heterocycles. The molecule has 2 aliphatic rings. The SMILES string of the molecule is Cc1ccc(-c2ccc([C@@H]3[C@@H](c4ccccn4)NC(=S)N3C3CCCC3)o2)cc1Cl. The van der Waals surface area contributed by atoms with E-state index in [1.54, 1.807) is 0 Å². The number of pyridine rings is 1. The van der Waals surface area contributed by atoms with Gasteiger partial charge in [-0.05, 0) is 67.9 Å². The van der Waals surface area contributed by atoms with Crippen molar-refractivity contribution < 1.29 is 4.42 Å². The number of aromatic nitrogens is 1. The molecule has 0 amide bonds. The minimum Gasteiger partial charge on any atom is -0.459 e. The van der Waals surface area contributed by atoms with Gasteiger partial charge in [-0.15, -0.1) is 0 Å². The Labute approximate surface area is 187 Å². The number of thiocarbonyl (C=S) groups is 1. The topological polar surface area (TPSA) is 41.3 Å². The van der Waals surface area contributed by atoms with E-state index in [-0.39, 0.29) is 12.1 Å². The maximum absolute atomic E-state index is 6.41. The molecule has 0 radical (unpaired) electrons. The van der Waals surface area contributed by atoms with E-state index in [4.69, 9.17) is 28.2 Å². The molecule has 154 valence electrons. The van der Waals surface area contributed by atoms with E-state index in [1.165, 1.54) is 12.8 Å². The number of hydrogen-bond acceptors (Lipinski definition) is 3. The van der Waals surface area contributed by atoms with Crippen molar-refractivity contribution in [1.82, 2.24) is 15.2 Å². The van der Waals surface area contributed by atoms with Crippen molar-refractivity contribution >= 4 is 28.9 Å². The van der Waals surface area contributed by atoms with E-state index < -0.39 is 0 Å². The molecule has 0 spiro atoms. The van der Waals surface area contributed by atoms with Crippen molar-refractivity contribution in [2.75, 3.05) is 0 Å². The van der Waals surface area contributed by atoms with Crippen LogP contribution in [-0.4, -0.2) is 21.0 Å². The fourth-order valence-corrected chi connectivity index (χ4v) is 5.23. The Morgan fingerprint density at radius 2 is 1.97 bits per heavy atom. The Morgan fingerprint density at radius 3 is 2.70 bits per heavy atom. The van der Waals surface area contributed by atoms with Crippen LogP contribution in [0.5, 0.6) is 0 Å². The Kier molecular flexibility index (Phi) is 5.25. The number of benzene rings is 1. The van der Waals surface area contributed by atoms with Crippen LogP contribution in [0, 0.1) is 6.92 Å². The summed E-state index contributed by atoms with van der Waals surface area (Å²) in [4.78, 5) is 6.96. The Bertz CT molecular complexity index is 1060. The minimum absolute atomic E-state index is 0.0230. The lowest BCUT2D eigenvalue weighted by Crippen LogP contribution is -2.37. The number of halogens is 1. The zero-order valence-corrected chi connectivity index (χ0v) is 18.4. The van der Waals surface area contributed by atoms with Gasteiger partial charge in [0.25, 0.3) is 0 Å². The summed E-state index contributed by atoms with van der Waals surface area (Å²) in [6, 6.07) is 16.5. The maximum Gasteiger partial charge on any atom is 0.170 e. The average Bonchev–Trinajstić information content (AvgIpc) is 3.50. The third-order valence-electron chi connectivity index (χ3n) is 6.23. The molecule has 1 aromatic carbocycles. The molecule has 4 nitrogen and oxygen atoms in total. The van der Waals surface area contributed by atoms with Crippen LogP contribution in [0.25, 0.3) is 11.3 Å². The van der Waals surface area contributed by atoms with E-state index in [2.05, 4.69) is 27.3 Å². The van der Waals surface area contributed by atoms with Crippen LogP contribution in [0.2, 0.25) is 5.02 Å². The summed E-state index contributed by atoms with van der Waals surface area (Å²) in [7, 11) is 0. The third kappa shape index (κ3) is 3.50. The Morgan fingerprint density at radius 1 is 1.13 bits per heavy atom. The normalized spacial score (nSPS) is 21.9. The zero-order chi connectivity index (χ0) is 20.7. The molecule has 5 rings (SSSR count). The summed E-state index contributed by atoms with van der Waals surface area (Å²) < 4.78 is 6.41. The summed E-state index contributed by atoms with van der Waals surface area (Å²) in [5, 5.41) is 5.06. The van der Waals surface area contributed by atoms with Gasteiger partial charge in [-0.1, -0.05) is 42.6 Å². The summed E-state index contributed by atoms with van der Waals surface area (Å²) in [6.45, 7) is 2.00. The number of nitrogens with one attached hydrogen (secondary N) is 1. The van der Waals surface area contributed by atoms with Crippen LogP contribution in [0.1, 0.15) is 54.8 Å². The lowest BCUT2D eigenvalue weighted by molar-refractivity contribution is 0.218. The molecule has 3 aromatic rings. The highest BCUT2D eigenvalue weighted by atomic mass is 35.5. The molecule has 0 unspecified atom stereocenters. The first kappa shape index (κ1) is 19.6. The molecule has 2 atom stereocenters. The Balaban J connectivity index is 1.54. The van der Waals surface area contributed by atoms with E-state index in [9.17, 15) is 0 Å². The van der Waals surface area contributed by atoms with Crippen LogP contribution < -0.4 is 5.32 Å². The highest BCUT2D eigenvalue weighted by Gasteiger charge is 2.45. The first-order valence-electron chi connectivity index (χ1n) is 10.5. The van der Waals surface area contributed by atoms with Gasteiger partial charge in [0.1, 0.15) is 17.6 Å². The van der Waals surface area contributed by atoms with Crippen LogP contribution >= 0.6 is 23.8 Å². The lowest BCUT2D eigenvalue weighted by atomic mass is 10.0. The van der Waals surface area contributed by atoms with Gasteiger partial charge in [-0.3, -0.25) is 4.98 Å². The summed E-state index contributed by atoms with van der Waals surface area (Å²) >= 11 is 12.1. The molecule has 0 bridgehead atoms. The van der Waals surface area contributed by atoms with Crippen LogP contribution in [-0.2, 0) is 0 Å². The molecular formula is C24H24ClN3OS. The zero-order valence-electron chi connectivity index (χ0n) is 16.8. The first-order valence-corrected chi connectivity index (χ1v) is 11.3. The molecule has 1 saturated heterocycles. The van der Waals surface area contributed by atoms with Gasteiger partial charge in [0, 0.05) is 22.8 Å². The van der Waals surface area contributed by atoms with Gasteiger partial charge in [-0.25, -0.2) is 0 Å². The van der Waals surface area contributed by atoms with Crippen molar-refractivity contribution in [3.05, 3.63) is 76.8 Å². The summed E-state index contributed by atoms with van der Waals surface area (Å²) in [5.74, 6) is 1.72. The van der Waals surface area contributed by atoms with E-state index in [1.807, 2.05) is 49.5 Å². The van der Waals surface area contributed by atoms with Crippen LogP contribution in [0.15, 0.2) is 59.1 Å². The standard InChI is InChI=1S/C24H24ClN3OS/c1-15-9-10-16(14-18(15)25)20-11-12-21(29-20)23-22(19-8-4-5-13-26-19)27-24(30)28(23)17-6-2-3-7-17/h4-5,8-14,17,22-23H,2-3,6-7H2,1H3,(H,27,30)/t22-,23-/m1/s1. The van der Waals surface area contributed by atoms with Crippen molar-refractivity contribution in [2.24, 2.45) is 0 Å². The highest BCUT2D eigenvalue weighted by Crippen LogP contribution is 2.44. The smallest absolute Gasteiger partial charge is 0.170 e. The van der Waals surface area contributed by atoms with E-state index in [0.29, 0.717) is 6.04 Å². The monoisotopic (exact) mass is 437 g/mol. The van der Waals surface area contributed by atoms with Crippen molar-refractivity contribution in [3.8, 4) is 11.3 Å². The van der Waals surface area contributed by atoms with Crippen molar-refractivity contribution in [1.29, 1.82) is 0 Å². The summed E-state index contributed by atoms with van der Waals surface area (Å²) in [6.07, 6.45) is 6.64. The van der Waals surface area contributed by atoms with Gasteiger partial charge in [0.2, 0.25) is 0 Å². The molecular weight excluding hydrogens is 414 g/mol. The number of nitrogens with zero attached hydrogens (tertiary/aromatic N) is 2. The second-order valence-corrected chi connectivity index (χ2v) is 8.93. The molecule has 1 aliphatic carbocycles. The molecule has 1 aliphatic heterocycles. The third-order valence-corrected chi connectivity index (χ3v) is 6.96. The molecule has 6 heteroatoms. The number of hydrogen-bond donors (Lipinski definition) is 1.